The second-order valence-electron chi connectivity index (χ2n) is 8.31. The number of imide groups is 1. The van der Waals surface area contributed by atoms with Gasteiger partial charge < -0.3 is 9.47 Å². The molecule has 2 aliphatic heterocycles. The lowest BCUT2D eigenvalue weighted by molar-refractivity contribution is -0.136. The van der Waals surface area contributed by atoms with Crippen molar-refractivity contribution in [2.75, 3.05) is 0 Å². The average Bonchev–Trinajstić information content (AvgIpc) is 3.28. The maximum atomic E-state index is 13.0. The molecule has 2 aliphatic rings. The fourth-order valence-electron chi connectivity index (χ4n) is 4.49. The molecule has 5 rings (SSSR count). The van der Waals surface area contributed by atoms with E-state index < -0.39 is 11.9 Å². The molecule has 2 aromatic carbocycles. The van der Waals surface area contributed by atoms with Crippen molar-refractivity contribution in [1.29, 1.82) is 0 Å². The molecule has 1 aromatic heterocycles. The predicted molar refractivity (Wildman–Crippen MR) is 120 cm³/mol. The Kier molecular flexibility index (Phi) is 4.86. The molecule has 162 valence electrons. The van der Waals surface area contributed by atoms with Gasteiger partial charge in [-0.25, -0.2) is 4.98 Å². The summed E-state index contributed by atoms with van der Waals surface area (Å²) in [6, 6.07) is 10.9. The Morgan fingerprint density at radius 2 is 1.88 bits per heavy atom. The summed E-state index contributed by atoms with van der Waals surface area (Å²) < 4.78 is 1.93. The number of piperidine rings is 1. The monoisotopic (exact) mass is 448 g/mol. The van der Waals surface area contributed by atoms with Crippen molar-refractivity contribution in [3.05, 3.63) is 64.4 Å². The Labute approximate surface area is 190 Å². The molecule has 1 fully saturated rings. The van der Waals surface area contributed by atoms with Crippen LogP contribution in [0.25, 0.3) is 22.5 Å². The van der Waals surface area contributed by atoms with Gasteiger partial charge in [-0.1, -0.05) is 29.8 Å². The Morgan fingerprint density at radius 3 is 2.62 bits per heavy atom. The number of aryl methyl sites for hydroxylation is 2. The van der Waals surface area contributed by atoms with E-state index >= 15 is 0 Å². The molecule has 3 amide bonds. The summed E-state index contributed by atoms with van der Waals surface area (Å²) in [6.45, 7) is 2.31. The summed E-state index contributed by atoms with van der Waals surface area (Å²) >= 11 is 6.54. The summed E-state index contributed by atoms with van der Waals surface area (Å²) in [5, 5.41) is 2.98. The Balaban J connectivity index is 1.51. The number of carbonyl (C=O) groups excluding carboxylic acids is 3. The Bertz CT molecular complexity index is 1300. The van der Waals surface area contributed by atoms with Gasteiger partial charge in [-0.05, 0) is 42.7 Å². The normalized spacial score (nSPS) is 18.2. The smallest absolute Gasteiger partial charge is 0.255 e. The zero-order valence-electron chi connectivity index (χ0n) is 17.7. The first-order valence-corrected chi connectivity index (χ1v) is 10.8. The van der Waals surface area contributed by atoms with E-state index in [1.54, 1.807) is 17.3 Å². The third-order valence-electron chi connectivity index (χ3n) is 6.11. The third-order valence-corrected chi connectivity index (χ3v) is 6.43. The van der Waals surface area contributed by atoms with Crippen molar-refractivity contribution >= 4 is 29.3 Å². The first-order chi connectivity index (χ1) is 15.3. The van der Waals surface area contributed by atoms with Crippen molar-refractivity contribution < 1.29 is 14.4 Å². The summed E-state index contributed by atoms with van der Waals surface area (Å²) in [5.74, 6) is -0.900. The van der Waals surface area contributed by atoms with E-state index in [0.717, 1.165) is 33.6 Å². The number of fused-ring (bicyclic) bond motifs is 1. The van der Waals surface area contributed by atoms with Gasteiger partial charge >= 0.3 is 0 Å². The van der Waals surface area contributed by atoms with Crippen molar-refractivity contribution in [3.63, 3.8) is 0 Å². The number of nitrogens with one attached hydrogen (secondary N) is 1. The van der Waals surface area contributed by atoms with Gasteiger partial charge in [0.1, 0.15) is 6.04 Å². The topological polar surface area (TPSA) is 84.3 Å². The van der Waals surface area contributed by atoms with E-state index in [1.165, 1.54) is 0 Å². The zero-order chi connectivity index (χ0) is 22.6. The largest absolute Gasteiger partial charge is 0.333 e. The number of amides is 3. The molecular weight excluding hydrogens is 428 g/mol. The molecule has 1 N–H and O–H groups in total. The maximum absolute atomic E-state index is 13.0. The molecule has 3 aromatic rings. The minimum absolute atomic E-state index is 0.191. The van der Waals surface area contributed by atoms with Crippen LogP contribution in [0, 0.1) is 6.92 Å². The van der Waals surface area contributed by atoms with Crippen molar-refractivity contribution in [3.8, 4) is 22.5 Å². The van der Waals surface area contributed by atoms with Crippen LogP contribution in [-0.4, -0.2) is 38.2 Å². The van der Waals surface area contributed by atoms with E-state index in [-0.39, 0.29) is 18.2 Å². The first kappa shape index (κ1) is 20.5. The minimum atomic E-state index is -0.632. The molecule has 1 atom stereocenters. The molecule has 3 heterocycles. The fraction of sp³-hybridized carbons (Fsp3) is 0.250. The zero-order valence-corrected chi connectivity index (χ0v) is 18.4. The Hall–Kier alpha value is -3.45. The van der Waals surface area contributed by atoms with Crippen LogP contribution >= 0.6 is 11.6 Å². The molecule has 0 bridgehead atoms. The highest BCUT2D eigenvalue weighted by Crippen LogP contribution is 2.37. The van der Waals surface area contributed by atoms with Crippen molar-refractivity contribution in [2.24, 2.45) is 7.05 Å². The number of benzene rings is 2. The molecule has 7 nitrogen and oxygen atoms in total. The lowest BCUT2D eigenvalue weighted by Crippen LogP contribution is -2.52. The molecule has 1 saturated heterocycles. The van der Waals surface area contributed by atoms with Crippen LogP contribution in [0.1, 0.15) is 34.3 Å². The van der Waals surface area contributed by atoms with E-state index in [0.29, 0.717) is 23.6 Å². The molecule has 8 heteroatoms. The highest BCUT2D eigenvalue weighted by atomic mass is 35.5. The molecule has 0 aliphatic carbocycles. The Morgan fingerprint density at radius 1 is 1.09 bits per heavy atom. The van der Waals surface area contributed by atoms with Crippen molar-refractivity contribution in [1.82, 2.24) is 19.8 Å². The lowest BCUT2D eigenvalue weighted by atomic mass is 10.00. The van der Waals surface area contributed by atoms with E-state index in [9.17, 15) is 14.4 Å². The van der Waals surface area contributed by atoms with Crippen LogP contribution in [0.4, 0.5) is 0 Å². The second kappa shape index (κ2) is 7.60. The number of aromatic nitrogens is 2. The average molecular weight is 449 g/mol. The number of hydrogen-bond acceptors (Lipinski definition) is 4. The summed E-state index contributed by atoms with van der Waals surface area (Å²) in [6.07, 6.45) is 2.32. The first-order valence-electron chi connectivity index (χ1n) is 10.4. The SMILES string of the molecule is Cc1ccc(-c2c(-c3ccc4c(c3)CN(C3CCC(=O)NC3=O)C4=O)ncn2C)c(Cl)c1. The highest BCUT2D eigenvalue weighted by molar-refractivity contribution is 6.33. The number of carbonyl (C=O) groups is 3. The standard InChI is InChI=1S/C24H21ClN4O3/c1-13-3-5-17(18(25)9-13)22-21(26-12-28(22)2)14-4-6-16-15(10-14)11-29(24(16)32)19-7-8-20(30)27-23(19)31/h3-6,9-10,12,19H,7-8,11H2,1-2H3,(H,27,30,31). The van der Waals surface area contributed by atoms with Crippen molar-refractivity contribution in [2.45, 2.75) is 32.4 Å². The highest BCUT2D eigenvalue weighted by Gasteiger charge is 2.39. The molecule has 1 unspecified atom stereocenters. The van der Waals surface area contributed by atoms with E-state index in [2.05, 4.69) is 10.3 Å². The van der Waals surface area contributed by atoms with Crippen LogP contribution in [0.2, 0.25) is 5.02 Å². The molecular formula is C24H21ClN4O3. The number of imidazole rings is 1. The van der Waals surface area contributed by atoms with Crippen LogP contribution in [0.15, 0.2) is 42.7 Å². The van der Waals surface area contributed by atoms with Gasteiger partial charge in [0, 0.05) is 36.7 Å². The quantitative estimate of drug-likeness (QED) is 0.622. The van der Waals surface area contributed by atoms with Gasteiger partial charge in [-0.3, -0.25) is 19.7 Å². The van der Waals surface area contributed by atoms with Crippen LogP contribution in [0.5, 0.6) is 0 Å². The molecule has 0 radical (unpaired) electrons. The van der Waals surface area contributed by atoms with Gasteiger partial charge in [0.05, 0.1) is 22.7 Å². The second-order valence-corrected chi connectivity index (χ2v) is 8.72. The number of rotatable bonds is 3. The molecule has 0 spiro atoms. The van der Waals surface area contributed by atoms with E-state index in [1.807, 2.05) is 48.9 Å². The summed E-state index contributed by atoms with van der Waals surface area (Å²) in [7, 11) is 1.92. The number of nitrogens with zero attached hydrogens (tertiary/aromatic N) is 3. The van der Waals surface area contributed by atoms with Gasteiger partial charge in [-0.2, -0.15) is 0 Å². The number of hydrogen-bond donors (Lipinski definition) is 1. The van der Waals surface area contributed by atoms with Gasteiger partial charge in [-0.15, -0.1) is 0 Å². The van der Waals surface area contributed by atoms with Gasteiger partial charge in [0.2, 0.25) is 11.8 Å². The lowest BCUT2D eigenvalue weighted by Gasteiger charge is -2.29. The molecule has 0 saturated carbocycles. The van der Waals surface area contributed by atoms with Crippen LogP contribution in [-0.2, 0) is 23.2 Å². The summed E-state index contributed by atoms with van der Waals surface area (Å²) in [4.78, 5) is 42.9. The predicted octanol–water partition coefficient (Wildman–Crippen LogP) is 3.48. The van der Waals surface area contributed by atoms with Gasteiger partial charge in [0.25, 0.3) is 5.91 Å². The molecule has 32 heavy (non-hydrogen) atoms. The summed E-state index contributed by atoms with van der Waals surface area (Å²) in [5.41, 5.74) is 5.90. The minimum Gasteiger partial charge on any atom is -0.333 e. The van der Waals surface area contributed by atoms with E-state index in [4.69, 9.17) is 11.6 Å². The maximum Gasteiger partial charge on any atom is 0.255 e. The fourth-order valence-corrected chi connectivity index (χ4v) is 4.82. The van der Waals surface area contributed by atoms with Crippen LogP contribution in [0.3, 0.4) is 0 Å². The van der Waals surface area contributed by atoms with Crippen LogP contribution < -0.4 is 5.32 Å². The number of halogens is 1. The van der Waals surface area contributed by atoms with Gasteiger partial charge in [0.15, 0.2) is 0 Å². The third kappa shape index (κ3) is 3.29.